The highest BCUT2D eigenvalue weighted by Crippen LogP contribution is 2.27. The number of fused-ring (bicyclic) bond motifs is 2. The summed E-state index contributed by atoms with van der Waals surface area (Å²) >= 11 is 0. The van der Waals surface area contributed by atoms with E-state index in [9.17, 15) is 13.5 Å². The van der Waals surface area contributed by atoms with Crippen LogP contribution in [0.1, 0.15) is 32.8 Å². The summed E-state index contributed by atoms with van der Waals surface area (Å²) in [6, 6.07) is 12.9. The quantitative estimate of drug-likeness (QED) is 0.447. The number of rotatable bonds is 5. The molecule has 7 nitrogen and oxygen atoms in total. The number of nitrogens with one attached hydrogen (secondary N) is 1. The van der Waals surface area contributed by atoms with Crippen LogP contribution in [-0.2, 0) is 10.0 Å². The average Bonchev–Trinajstić information content (AvgIpc) is 3.21. The number of hydrogen-bond donors (Lipinski definition) is 2. The lowest BCUT2D eigenvalue weighted by Crippen LogP contribution is -2.21. The first-order chi connectivity index (χ1) is 15.3. The Labute approximate surface area is 187 Å². The minimum atomic E-state index is -3.43. The van der Waals surface area contributed by atoms with Gasteiger partial charge in [0.05, 0.1) is 16.3 Å². The average molecular weight is 449 g/mol. The molecule has 4 rings (SSSR count). The molecular formula is C24H24N4O3S. The number of hydrogen-bond acceptors (Lipinski definition) is 6. The van der Waals surface area contributed by atoms with Crippen LogP contribution in [-0.4, -0.2) is 38.8 Å². The van der Waals surface area contributed by atoms with Crippen molar-refractivity contribution in [3.8, 4) is 11.8 Å². The fourth-order valence-electron chi connectivity index (χ4n) is 3.28. The molecule has 2 aromatic carbocycles. The number of benzene rings is 2. The summed E-state index contributed by atoms with van der Waals surface area (Å²) in [5, 5.41) is 14.1. The van der Waals surface area contributed by atoms with E-state index in [-0.39, 0.29) is 0 Å². The van der Waals surface area contributed by atoms with Crippen LogP contribution in [0, 0.1) is 11.8 Å². The normalized spacial score (nSPS) is 12.7. The maximum atomic E-state index is 12.6. The zero-order valence-electron chi connectivity index (χ0n) is 18.1. The molecule has 0 fully saturated rings. The molecule has 0 radical (unpaired) electrons. The van der Waals surface area contributed by atoms with Crippen molar-refractivity contribution in [3.63, 3.8) is 0 Å². The largest absolute Gasteiger partial charge is 0.380 e. The Morgan fingerprint density at radius 2 is 1.94 bits per heavy atom. The highest BCUT2D eigenvalue weighted by Gasteiger charge is 2.20. The molecule has 0 amide bonds. The van der Waals surface area contributed by atoms with Crippen LogP contribution < -0.4 is 5.32 Å². The molecule has 2 aromatic heterocycles. The second kappa shape index (κ2) is 8.61. The van der Waals surface area contributed by atoms with E-state index in [0.717, 1.165) is 27.5 Å². The number of aliphatic hydroxyl groups is 1. The molecule has 1 atom stereocenters. The molecule has 0 aliphatic heterocycles. The molecule has 0 aliphatic rings. The fourth-order valence-corrected chi connectivity index (χ4v) is 4.41. The number of nitrogens with zero attached hydrogens (tertiary/aromatic N) is 3. The van der Waals surface area contributed by atoms with Crippen molar-refractivity contribution in [1.82, 2.24) is 13.9 Å². The molecule has 1 unspecified atom stereocenters. The Balaban J connectivity index is 1.70. The van der Waals surface area contributed by atoms with Crippen molar-refractivity contribution in [2.45, 2.75) is 38.5 Å². The maximum Gasteiger partial charge on any atom is 0.241 e. The van der Waals surface area contributed by atoms with Gasteiger partial charge in [0.2, 0.25) is 10.0 Å². The van der Waals surface area contributed by atoms with Crippen LogP contribution in [0.4, 0.5) is 11.5 Å². The van der Waals surface area contributed by atoms with Gasteiger partial charge in [-0.25, -0.2) is 22.4 Å². The number of aliphatic hydroxyl groups excluding tert-OH is 1. The van der Waals surface area contributed by atoms with Crippen molar-refractivity contribution < 1.29 is 13.5 Å². The van der Waals surface area contributed by atoms with Gasteiger partial charge < -0.3 is 10.4 Å². The fraction of sp³-hybridized carbons (Fsp3) is 0.250. The van der Waals surface area contributed by atoms with Gasteiger partial charge in [0, 0.05) is 28.2 Å². The van der Waals surface area contributed by atoms with Gasteiger partial charge in [-0.05, 0) is 62.7 Å². The minimum Gasteiger partial charge on any atom is -0.380 e. The van der Waals surface area contributed by atoms with E-state index >= 15 is 0 Å². The molecule has 4 aromatic rings. The third-order valence-corrected chi connectivity index (χ3v) is 7.25. The standard InChI is InChI=1S/C24H24N4O3S/c1-4-20(29)8-5-17-6-9-22-21(13-17)24(26-15-25-22)27-19-7-10-23-18(14-19)11-12-28(23)32(30,31)16(2)3/h6-7,9-16,20,29H,4H2,1-3H3,(H,25,26,27). The molecule has 2 heterocycles. The van der Waals surface area contributed by atoms with Crippen LogP contribution in [0.25, 0.3) is 21.8 Å². The first-order valence-corrected chi connectivity index (χ1v) is 11.9. The lowest BCUT2D eigenvalue weighted by molar-refractivity contribution is 0.228. The zero-order chi connectivity index (χ0) is 22.9. The van der Waals surface area contributed by atoms with Crippen molar-refractivity contribution >= 4 is 43.3 Å². The van der Waals surface area contributed by atoms with Crippen molar-refractivity contribution in [2.24, 2.45) is 0 Å². The van der Waals surface area contributed by atoms with Gasteiger partial charge in [-0.1, -0.05) is 18.8 Å². The SMILES string of the molecule is CCC(O)C#Cc1ccc2ncnc(Nc3ccc4c(ccn4S(=O)(=O)C(C)C)c3)c2c1. The highest BCUT2D eigenvalue weighted by atomic mass is 32.2. The second-order valence-corrected chi connectivity index (χ2v) is 10.1. The van der Waals surface area contributed by atoms with Crippen LogP contribution in [0.3, 0.4) is 0 Å². The van der Waals surface area contributed by atoms with E-state index in [1.54, 1.807) is 32.2 Å². The van der Waals surface area contributed by atoms with Gasteiger partial charge >= 0.3 is 0 Å². The second-order valence-electron chi connectivity index (χ2n) is 7.75. The van der Waals surface area contributed by atoms with Gasteiger partial charge in [0.1, 0.15) is 18.2 Å². The summed E-state index contributed by atoms with van der Waals surface area (Å²) in [5.74, 6) is 6.42. The Morgan fingerprint density at radius 1 is 1.12 bits per heavy atom. The number of aromatic nitrogens is 3. The van der Waals surface area contributed by atoms with Gasteiger partial charge in [0.25, 0.3) is 0 Å². The third-order valence-electron chi connectivity index (χ3n) is 5.19. The zero-order valence-corrected chi connectivity index (χ0v) is 18.9. The van der Waals surface area contributed by atoms with E-state index in [0.29, 0.717) is 17.8 Å². The van der Waals surface area contributed by atoms with Crippen LogP contribution in [0.15, 0.2) is 55.0 Å². The molecule has 8 heteroatoms. The third kappa shape index (κ3) is 4.17. The van der Waals surface area contributed by atoms with Crippen molar-refractivity contribution in [2.75, 3.05) is 5.32 Å². The molecule has 0 aliphatic carbocycles. The van der Waals surface area contributed by atoms with E-state index in [1.807, 2.05) is 37.3 Å². The first-order valence-electron chi connectivity index (χ1n) is 10.4. The lowest BCUT2D eigenvalue weighted by atomic mass is 10.1. The molecule has 0 spiro atoms. The lowest BCUT2D eigenvalue weighted by Gasteiger charge is -2.11. The van der Waals surface area contributed by atoms with Gasteiger partial charge in [0.15, 0.2) is 0 Å². The molecule has 0 saturated heterocycles. The van der Waals surface area contributed by atoms with Gasteiger partial charge in [-0.2, -0.15) is 0 Å². The van der Waals surface area contributed by atoms with Gasteiger partial charge in [-0.15, -0.1) is 0 Å². The molecule has 32 heavy (non-hydrogen) atoms. The Morgan fingerprint density at radius 3 is 2.69 bits per heavy atom. The van der Waals surface area contributed by atoms with E-state index in [1.165, 1.54) is 10.3 Å². The summed E-state index contributed by atoms with van der Waals surface area (Å²) in [4.78, 5) is 8.70. The summed E-state index contributed by atoms with van der Waals surface area (Å²) in [7, 11) is -3.43. The van der Waals surface area contributed by atoms with E-state index in [2.05, 4.69) is 27.1 Å². The summed E-state index contributed by atoms with van der Waals surface area (Å²) in [6.45, 7) is 5.21. The molecule has 164 valence electrons. The Bertz CT molecular complexity index is 1460. The maximum absolute atomic E-state index is 12.6. The van der Waals surface area contributed by atoms with Crippen molar-refractivity contribution in [3.05, 3.63) is 60.6 Å². The topological polar surface area (TPSA) is 97.1 Å². The smallest absolute Gasteiger partial charge is 0.241 e. The minimum absolute atomic E-state index is 0.515. The summed E-state index contributed by atoms with van der Waals surface area (Å²) in [5.41, 5.74) is 2.92. The Kier molecular flexibility index (Phi) is 5.87. The van der Waals surface area contributed by atoms with Crippen LogP contribution in [0.5, 0.6) is 0 Å². The predicted molar refractivity (Wildman–Crippen MR) is 127 cm³/mol. The number of anilines is 2. The van der Waals surface area contributed by atoms with E-state index < -0.39 is 21.4 Å². The Hall–Kier alpha value is -3.41. The summed E-state index contributed by atoms with van der Waals surface area (Å²) < 4.78 is 26.5. The van der Waals surface area contributed by atoms with Crippen LogP contribution in [0.2, 0.25) is 0 Å². The van der Waals surface area contributed by atoms with Gasteiger partial charge in [-0.3, -0.25) is 0 Å². The van der Waals surface area contributed by atoms with Crippen molar-refractivity contribution in [1.29, 1.82) is 0 Å². The predicted octanol–water partition coefficient (Wildman–Crippen LogP) is 4.04. The molecular weight excluding hydrogens is 424 g/mol. The summed E-state index contributed by atoms with van der Waals surface area (Å²) in [6.07, 6.45) is 2.98. The van der Waals surface area contributed by atoms with E-state index in [4.69, 9.17) is 0 Å². The molecule has 2 N–H and O–H groups in total. The molecule has 0 bridgehead atoms. The molecule has 0 saturated carbocycles. The monoisotopic (exact) mass is 448 g/mol. The highest BCUT2D eigenvalue weighted by molar-refractivity contribution is 7.90. The first kappa shape index (κ1) is 21.8. The van der Waals surface area contributed by atoms with Crippen LogP contribution >= 0.6 is 0 Å².